The van der Waals surface area contributed by atoms with E-state index in [-0.39, 0.29) is 52.0 Å². The maximum Gasteiger partial charge on any atom is 0.407 e. The van der Waals surface area contributed by atoms with Gasteiger partial charge in [-0.2, -0.15) is 18.2 Å². The molecule has 0 aliphatic carbocycles. The first-order valence-electron chi connectivity index (χ1n) is 9.91. The van der Waals surface area contributed by atoms with Gasteiger partial charge in [0, 0.05) is 58.7 Å². The van der Waals surface area contributed by atoms with Gasteiger partial charge in [-0.3, -0.25) is 9.69 Å². The molecule has 0 bridgehead atoms. The molecule has 1 amide bonds. The zero-order valence-electron chi connectivity index (χ0n) is 19.7. The van der Waals surface area contributed by atoms with Gasteiger partial charge < -0.3 is 24.3 Å². The van der Waals surface area contributed by atoms with Gasteiger partial charge in [-0.25, -0.2) is 4.79 Å². The van der Waals surface area contributed by atoms with Crippen LogP contribution in [0.2, 0.25) is 0 Å². The molecule has 1 aromatic carbocycles. The van der Waals surface area contributed by atoms with Crippen LogP contribution in [0.15, 0.2) is 18.2 Å². The molecule has 1 rings (SSSR count). The second-order valence-electron chi connectivity index (χ2n) is 8.81. The van der Waals surface area contributed by atoms with Crippen LogP contribution in [0.3, 0.4) is 0 Å². The summed E-state index contributed by atoms with van der Waals surface area (Å²) >= 11 is 0. The number of nitrogens with zero attached hydrogens (tertiary/aromatic N) is 1. The molecule has 0 saturated carbocycles. The van der Waals surface area contributed by atoms with E-state index in [1.165, 1.54) is 0 Å². The summed E-state index contributed by atoms with van der Waals surface area (Å²) in [5.74, 6) is 0.295. The first kappa shape index (κ1) is 29.8. The number of benzene rings is 1. The first-order valence-corrected chi connectivity index (χ1v) is 9.91. The van der Waals surface area contributed by atoms with Crippen LogP contribution in [0.25, 0.3) is 0 Å². The maximum absolute atomic E-state index is 12.4. The number of methoxy groups -OCH3 is 1. The average molecular weight is 512 g/mol. The zero-order valence-corrected chi connectivity index (χ0v) is 22.6. The molecule has 0 fully saturated rings. The Morgan fingerprint density at radius 2 is 1.74 bits per heavy atom. The predicted molar refractivity (Wildman–Crippen MR) is 113 cm³/mol. The number of hydrogen-bond acceptors (Lipinski definition) is 7. The van der Waals surface area contributed by atoms with E-state index in [0.29, 0.717) is 25.4 Å². The Balaban J connectivity index is 0.00000900. The van der Waals surface area contributed by atoms with Crippen LogP contribution in [0.4, 0.5) is 4.79 Å². The number of alkyl carbamates (subject to hydrolysis) is 1. The smallest absolute Gasteiger partial charge is 0.407 e. The van der Waals surface area contributed by atoms with Crippen molar-refractivity contribution >= 4 is 12.1 Å². The number of esters is 1. The first-order chi connectivity index (χ1) is 13.9. The molecule has 0 heterocycles. The topological polar surface area (TPSA) is 86.3 Å². The van der Waals surface area contributed by atoms with Crippen molar-refractivity contribution in [3.8, 4) is 5.75 Å². The van der Waals surface area contributed by atoms with Gasteiger partial charge in [0.2, 0.25) is 0 Å². The number of carbonyl (C=O) groups is 2. The van der Waals surface area contributed by atoms with Gasteiger partial charge in [-0.15, -0.1) is 11.6 Å². The van der Waals surface area contributed by atoms with Gasteiger partial charge in [-0.1, -0.05) is 0 Å². The summed E-state index contributed by atoms with van der Waals surface area (Å²) in [7, 11) is 1.55. The van der Waals surface area contributed by atoms with Crippen LogP contribution in [-0.2, 0) is 58.3 Å². The molecule has 0 aliphatic heterocycles. The van der Waals surface area contributed by atoms with Gasteiger partial charge in [0.25, 0.3) is 0 Å². The van der Waals surface area contributed by atoms with Gasteiger partial charge in [0.15, 0.2) is 6.79 Å². The summed E-state index contributed by atoms with van der Waals surface area (Å²) in [5, 5.41) is 2.71. The number of carbonyl (C=O) groups excluding carboxylic acids is 2. The van der Waals surface area contributed by atoms with E-state index in [2.05, 4.69) is 11.4 Å². The Morgan fingerprint density at radius 3 is 2.32 bits per heavy atom. The van der Waals surface area contributed by atoms with E-state index in [0.717, 1.165) is 5.56 Å². The summed E-state index contributed by atoms with van der Waals surface area (Å²) in [6.45, 7) is 12.2. The van der Waals surface area contributed by atoms with E-state index >= 15 is 0 Å². The van der Waals surface area contributed by atoms with Crippen molar-refractivity contribution in [3.63, 3.8) is 0 Å². The average Bonchev–Trinajstić information content (AvgIpc) is 2.57. The molecule has 8 nitrogen and oxygen atoms in total. The molecule has 0 spiro atoms. The van der Waals surface area contributed by atoms with Crippen molar-refractivity contribution in [1.29, 1.82) is 0 Å². The molecule has 0 aromatic heterocycles. The number of rotatable bonds is 10. The van der Waals surface area contributed by atoms with Gasteiger partial charge in [0.1, 0.15) is 11.2 Å². The summed E-state index contributed by atoms with van der Waals surface area (Å²) in [5.41, 5.74) is -0.311. The molecule has 1 N–H and O–H groups in total. The normalized spacial score (nSPS) is 11.5. The van der Waals surface area contributed by atoms with Crippen molar-refractivity contribution < 1.29 is 61.2 Å². The summed E-state index contributed by atoms with van der Waals surface area (Å²) in [6.07, 6.45) is -0.503. The van der Waals surface area contributed by atoms with Gasteiger partial charge in [-0.05, 0) is 48.1 Å². The fourth-order valence-electron chi connectivity index (χ4n) is 2.48. The number of amides is 1. The van der Waals surface area contributed by atoms with Gasteiger partial charge >= 0.3 is 12.1 Å². The second-order valence-corrected chi connectivity index (χ2v) is 8.81. The minimum Gasteiger partial charge on any atom is -0.493 e. The van der Waals surface area contributed by atoms with Crippen LogP contribution in [-0.4, -0.2) is 61.7 Å². The van der Waals surface area contributed by atoms with Crippen molar-refractivity contribution in [2.24, 2.45) is 0 Å². The number of ether oxygens (including phenoxy) is 4. The molecular weight excluding hydrogens is 477 g/mol. The monoisotopic (exact) mass is 512 g/mol. The molecule has 0 aliphatic rings. The number of hydrogen-bond donors (Lipinski definition) is 1. The molecule has 0 atom stereocenters. The van der Waals surface area contributed by atoms with Crippen LogP contribution >= 0.6 is 0 Å². The molecule has 1 aromatic rings. The van der Waals surface area contributed by atoms with Crippen LogP contribution in [0, 0.1) is 6.07 Å². The van der Waals surface area contributed by atoms with E-state index in [1.54, 1.807) is 46.1 Å². The van der Waals surface area contributed by atoms with E-state index in [1.807, 2.05) is 25.7 Å². The molecule has 173 valence electrons. The Bertz CT molecular complexity index is 685. The minimum atomic E-state index is -0.579. The molecule has 31 heavy (non-hydrogen) atoms. The molecule has 0 unspecified atom stereocenters. The maximum atomic E-state index is 12.4. The molecule has 9 heteroatoms. The summed E-state index contributed by atoms with van der Waals surface area (Å²) in [4.78, 5) is 26.1. The third kappa shape index (κ3) is 14.5. The Kier molecular flexibility index (Phi) is 13.5. The van der Waals surface area contributed by atoms with Crippen molar-refractivity contribution in [2.75, 3.05) is 33.5 Å². The van der Waals surface area contributed by atoms with E-state index < -0.39 is 17.3 Å². The second kappa shape index (κ2) is 14.0. The third-order valence-electron chi connectivity index (χ3n) is 3.50. The van der Waals surface area contributed by atoms with Crippen LogP contribution < -0.4 is 10.1 Å². The SMILES string of the molecule is COCOc1cc[c-]cc1CN(CCNC(=O)OC(C)(C)C)CC(=O)OC(C)(C)C.[Y]. The van der Waals surface area contributed by atoms with Gasteiger partial charge in [0.05, 0.1) is 6.54 Å². The fraction of sp³-hybridized carbons (Fsp3) is 0.636. The largest absolute Gasteiger partial charge is 0.493 e. The van der Waals surface area contributed by atoms with Crippen molar-refractivity contribution in [1.82, 2.24) is 10.2 Å². The Hall–Kier alpha value is -1.22. The fourth-order valence-corrected chi connectivity index (χ4v) is 2.48. The molecular formula is C22H35N2O6Y-. The minimum absolute atomic E-state index is 0. The number of nitrogens with one attached hydrogen (secondary N) is 1. The van der Waals surface area contributed by atoms with Crippen LogP contribution in [0.5, 0.6) is 5.75 Å². The van der Waals surface area contributed by atoms with E-state index in [9.17, 15) is 9.59 Å². The van der Waals surface area contributed by atoms with Crippen molar-refractivity contribution in [2.45, 2.75) is 59.3 Å². The standard InChI is InChI=1S/C22H35N2O6.Y/c1-21(2,3)29-19(25)15-24(13-12-23-20(26)30-22(4,5)6)14-17-10-8-9-11-18(17)28-16-27-7;/h9-11H,12-16H2,1-7H3,(H,23,26);/q-1;. The zero-order chi connectivity index (χ0) is 22.8. The van der Waals surface area contributed by atoms with Crippen molar-refractivity contribution in [3.05, 3.63) is 29.8 Å². The Morgan fingerprint density at radius 1 is 1.10 bits per heavy atom. The summed E-state index contributed by atoms with van der Waals surface area (Å²) in [6, 6.07) is 8.36. The summed E-state index contributed by atoms with van der Waals surface area (Å²) < 4.78 is 21.3. The van der Waals surface area contributed by atoms with Crippen LogP contribution in [0.1, 0.15) is 47.1 Å². The predicted octanol–water partition coefficient (Wildman–Crippen LogP) is 3.14. The quantitative estimate of drug-likeness (QED) is 0.293. The van der Waals surface area contributed by atoms with E-state index in [4.69, 9.17) is 18.9 Å². The molecule has 1 radical (unpaired) electrons. The third-order valence-corrected chi connectivity index (χ3v) is 3.50. The Labute approximate surface area is 211 Å². The molecule has 0 saturated heterocycles.